The van der Waals surface area contributed by atoms with Crippen molar-refractivity contribution in [3.63, 3.8) is 0 Å². The van der Waals surface area contributed by atoms with Crippen molar-refractivity contribution in [3.8, 4) is 0 Å². The third-order valence-electron chi connectivity index (χ3n) is 3.00. The number of carbonyl (C=O) groups excluding carboxylic acids is 2. The summed E-state index contributed by atoms with van der Waals surface area (Å²) in [5, 5.41) is 3.42. The second-order valence-electron chi connectivity index (χ2n) is 4.72. The molecule has 102 valence electrons. The largest absolute Gasteiger partial charge is 0.455 e. The Morgan fingerprint density at radius 2 is 2.00 bits per heavy atom. The Labute approximate surface area is 117 Å². The summed E-state index contributed by atoms with van der Waals surface area (Å²) in [5.41, 5.74) is 0.950. The van der Waals surface area contributed by atoms with Gasteiger partial charge in [0.15, 0.2) is 6.61 Å². The molecule has 0 spiro atoms. The predicted octanol–water partition coefficient (Wildman–Crippen LogP) is 2.47. The third kappa shape index (κ3) is 4.24. The van der Waals surface area contributed by atoms with E-state index in [9.17, 15) is 9.59 Å². The number of amides is 1. The van der Waals surface area contributed by atoms with Gasteiger partial charge in [-0.1, -0.05) is 23.7 Å². The summed E-state index contributed by atoms with van der Waals surface area (Å²) >= 11 is 5.80. The molecule has 5 heteroatoms. The Morgan fingerprint density at radius 3 is 2.58 bits per heavy atom. The zero-order valence-corrected chi connectivity index (χ0v) is 11.4. The molecule has 2 rings (SSSR count). The highest BCUT2D eigenvalue weighted by Gasteiger charge is 2.31. The van der Waals surface area contributed by atoms with Crippen molar-refractivity contribution in [1.29, 1.82) is 0 Å². The van der Waals surface area contributed by atoms with Crippen LogP contribution in [0.5, 0.6) is 0 Å². The quantitative estimate of drug-likeness (QED) is 0.844. The molecule has 4 nitrogen and oxygen atoms in total. The molecule has 1 atom stereocenters. The number of benzene rings is 1. The Morgan fingerprint density at radius 1 is 1.37 bits per heavy atom. The molecule has 1 saturated carbocycles. The van der Waals surface area contributed by atoms with Crippen LogP contribution in [-0.4, -0.2) is 18.5 Å². The standard InChI is InChI=1S/C14H16ClNO3/c1-9(10-4-6-12(15)7-5-10)16-13(17)8-19-14(18)11-2-3-11/h4-7,9,11H,2-3,8H2,1H3,(H,16,17)/t9-/m0/s1. The molecule has 1 aliphatic carbocycles. The van der Waals surface area contributed by atoms with Crippen LogP contribution in [0.4, 0.5) is 0 Å². The fraction of sp³-hybridized carbons (Fsp3) is 0.429. The van der Waals surface area contributed by atoms with Gasteiger partial charge in [0.05, 0.1) is 12.0 Å². The van der Waals surface area contributed by atoms with E-state index in [4.69, 9.17) is 16.3 Å². The fourth-order valence-electron chi connectivity index (χ4n) is 1.69. The van der Waals surface area contributed by atoms with Gasteiger partial charge in [-0.25, -0.2) is 0 Å². The average molecular weight is 282 g/mol. The highest BCUT2D eigenvalue weighted by molar-refractivity contribution is 6.30. The molecule has 1 amide bonds. The number of rotatable bonds is 5. The summed E-state index contributed by atoms with van der Waals surface area (Å²) in [6.45, 7) is 1.65. The van der Waals surface area contributed by atoms with E-state index in [1.54, 1.807) is 12.1 Å². The van der Waals surface area contributed by atoms with E-state index >= 15 is 0 Å². The summed E-state index contributed by atoms with van der Waals surface area (Å²) in [7, 11) is 0. The average Bonchev–Trinajstić information content (AvgIpc) is 3.21. The zero-order chi connectivity index (χ0) is 13.8. The van der Waals surface area contributed by atoms with E-state index in [0.29, 0.717) is 5.02 Å². The van der Waals surface area contributed by atoms with Crippen LogP contribution < -0.4 is 5.32 Å². The van der Waals surface area contributed by atoms with E-state index in [-0.39, 0.29) is 30.4 Å². The van der Waals surface area contributed by atoms with Gasteiger partial charge < -0.3 is 10.1 Å². The summed E-state index contributed by atoms with van der Waals surface area (Å²) in [5.74, 6) is -0.549. The lowest BCUT2D eigenvalue weighted by molar-refractivity contribution is -0.150. The third-order valence-corrected chi connectivity index (χ3v) is 3.26. The smallest absolute Gasteiger partial charge is 0.309 e. The molecular weight excluding hydrogens is 266 g/mol. The van der Waals surface area contributed by atoms with E-state index in [2.05, 4.69) is 5.32 Å². The number of esters is 1. The first-order valence-corrected chi connectivity index (χ1v) is 6.65. The van der Waals surface area contributed by atoms with Crippen LogP contribution >= 0.6 is 11.6 Å². The molecule has 1 aromatic rings. The number of ether oxygens (including phenoxy) is 1. The number of hydrogen-bond donors (Lipinski definition) is 1. The highest BCUT2D eigenvalue weighted by atomic mass is 35.5. The van der Waals surface area contributed by atoms with Crippen LogP contribution in [0.15, 0.2) is 24.3 Å². The lowest BCUT2D eigenvalue weighted by Crippen LogP contribution is -2.31. The van der Waals surface area contributed by atoms with E-state index in [1.165, 1.54) is 0 Å². The van der Waals surface area contributed by atoms with Crippen LogP contribution in [0.25, 0.3) is 0 Å². The maximum Gasteiger partial charge on any atom is 0.309 e. The molecule has 0 aliphatic heterocycles. The first-order valence-electron chi connectivity index (χ1n) is 6.27. The van der Waals surface area contributed by atoms with Crippen LogP contribution in [0, 0.1) is 5.92 Å². The van der Waals surface area contributed by atoms with Gasteiger partial charge in [-0.3, -0.25) is 9.59 Å². The fourth-order valence-corrected chi connectivity index (χ4v) is 1.82. The zero-order valence-electron chi connectivity index (χ0n) is 10.7. The SMILES string of the molecule is C[C@H](NC(=O)COC(=O)C1CC1)c1ccc(Cl)cc1. The molecule has 0 bridgehead atoms. The van der Waals surface area contributed by atoms with Gasteiger partial charge in [0.2, 0.25) is 0 Å². The second kappa shape index (κ2) is 6.06. The van der Waals surface area contributed by atoms with Gasteiger partial charge in [-0.05, 0) is 37.5 Å². The summed E-state index contributed by atoms with van der Waals surface area (Å²) in [6.07, 6.45) is 1.75. The normalized spacial score (nSPS) is 15.7. The van der Waals surface area contributed by atoms with Crippen molar-refractivity contribution in [3.05, 3.63) is 34.9 Å². The predicted molar refractivity (Wildman–Crippen MR) is 71.7 cm³/mol. The molecule has 1 aromatic carbocycles. The van der Waals surface area contributed by atoms with Crippen LogP contribution in [0.1, 0.15) is 31.4 Å². The first-order chi connectivity index (χ1) is 9.06. The molecule has 0 unspecified atom stereocenters. The van der Waals surface area contributed by atoms with E-state index in [0.717, 1.165) is 18.4 Å². The van der Waals surface area contributed by atoms with Crippen molar-refractivity contribution in [2.24, 2.45) is 5.92 Å². The topological polar surface area (TPSA) is 55.4 Å². The van der Waals surface area contributed by atoms with Gasteiger partial charge >= 0.3 is 5.97 Å². The van der Waals surface area contributed by atoms with Crippen LogP contribution in [-0.2, 0) is 14.3 Å². The van der Waals surface area contributed by atoms with Gasteiger partial charge in [-0.15, -0.1) is 0 Å². The molecule has 1 fully saturated rings. The molecule has 1 aliphatic rings. The Hall–Kier alpha value is -1.55. The van der Waals surface area contributed by atoms with Crippen molar-refractivity contribution >= 4 is 23.5 Å². The molecule has 0 heterocycles. The lowest BCUT2D eigenvalue weighted by atomic mass is 10.1. The second-order valence-corrected chi connectivity index (χ2v) is 5.16. The van der Waals surface area contributed by atoms with Gasteiger partial charge in [-0.2, -0.15) is 0 Å². The van der Waals surface area contributed by atoms with E-state index < -0.39 is 0 Å². The summed E-state index contributed by atoms with van der Waals surface area (Å²) < 4.78 is 4.91. The van der Waals surface area contributed by atoms with Gasteiger partial charge in [0, 0.05) is 5.02 Å². The van der Waals surface area contributed by atoms with Crippen molar-refractivity contribution in [2.75, 3.05) is 6.61 Å². The maximum absolute atomic E-state index is 11.6. The molecule has 0 radical (unpaired) electrons. The minimum atomic E-state index is -0.295. The molecule has 0 saturated heterocycles. The van der Waals surface area contributed by atoms with Crippen molar-refractivity contribution < 1.29 is 14.3 Å². The summed E-state index contributed by atoms with van der Waals surface area (Å²) in [6, 6.07) is 7.09. The van der Waals surface area contributed by atoms with Crippen LogP contribution in [0.2, 0.25) is 5.02 Å². The molecule has 19 heavy (non-hydrogen) atoms. The minimum absolute atomic E-state index is 0.0153. The first kappa shape index (κ1) is 13.9. The Balaban J connectivity index is 1.77. The molecular formula is C14H16ClNO3. The minimum Gasteiger partial charge on any atom is -0.455 e. The Bertz CT molecular complexity index is 468. The highest BCUT2D eigenvalue weighted by Crippen LogP contribution is 2.29. The molecule has 0 aromatic heterocycles. The van der Waals surface area contributed by atoms with Crippen LogP contribution in [0.3, 0.4) is 0 Å². The number of hydrogen-bond acceptors (Lipinski definition) is 3. The van der Waals surface area contributed by atoms with E-state index in [1.807, 2.05) is 19.1 Å². The maximum atomic E-state index is 11.6. The number of carbonyl (C=O) groups is 2. The van der Waals surface area contributed by atoms with Gasteiger partial charge in [0.1, 0.15) is 0 Å². The Kier molecular flexibility index (Phi) is 4.43. The number of halogens is 1. The van der Waals surface area contributed by atoms with Crippen molar-refractivity contribution in [2.45, 2.75) is 25.8 Å². The summed E-state index contributed by atoms with van der Waals surface area (Å²) in [4.78, 5) is 22.9. The number of nitrogens with one attached hydrogen (secondary N) is 1. The lowest BCUT2D eigenvalue weighted by Gasteiger charge is -2.14. The molecule has 1 N–H and O–H groups in total. The van der Waals surface area contributed by atoms with Crippen molar-refractivity contribution in [1.82, 2.24) is 5.32 Å². The monoisotopic (exact) mass is 281 g/mol. The van der Waals surface area contributed by atoms with Gasteiger partial charge in [0.25, 0.3) is 5.91 Å².